The van der Waals surface area contributed by atoms with Gasteiger partial charge in [0.2, 0.25) is 0 Å². The summed E-state index contributed by atoms with van der Waals surface area (Å²) in [5, 5.41) is 7.80. The Morgan fingerprint density at radius 1 is 1.62 bits per heavy atom. The van der Waals surface area contributed by atoms with Gasteiger partial charge in [0.05, 0.1) is 0 Å². The van der Waals surface area contributed by atoms with Crippen molar-refractivity contribution in [2.24, 2.45) is 5.73 Å². The van der Waals surface area contributed by atoms with Crippen LogP contribution in [-0.2, 0) is 10.4 Å². The summed E-state index contributed by atoms with van der Waals surface area (Å²) in [4.78, 5) is 10.5. The van der Waals surface area contributed by atoms with Crippen molar-refractivity contribution in [3.8, 4) is 0 Å². The lowest BCUT2D eigenvalue weighted by Crippen LogP contribution is -2.33. The van der Waals surface area contributed by atoms with Gasteiger partial charge in [0.1, 0.15) is 11.6 Å². The smallest absolute Gasteiger partial charge is 0.404 e. The number of nitrogens with zero attached hydrogens (tertiary/aromatic N) is 2. The molecular formula is C9H12FN3O2S. The summed E-state index contributed by atoms with van der Waals surface area (Å²) in [6.07, 6.45) is 0.458. The topological polar surface area (TPSA) is 78.1 Å². The van der Waals surface area contributed by atoms with Crippen molar-refractivity contribution in [3.05, 3.63) is 10.5 Å². The van der Waals surface area contributed by atoms with Crippen molar-refractivity contribution >= 4 is 17.4 Å². The minimum atomic E-state index is -1.42. The van der Waals surface area contributed by atoms with Crippen LogP contribution in [0, 0.1) is 0 Å². The van der Waals surface area contributed by atoms with Crippen molar-refractivity contribution < 1.29 is 13.9 Å². The van der Waals surface area contributed by atoms with Crippen molar-refractivity contribution in [3.63, 3.8) is 0 Å². The molecule has 5 nitrogen and oxygen atoms in total. The van der Waals surface area contributed by atoms with Crippen molar-refractivity contribution in [1.29, 1.82) is 0 Å². The largest absolute Gasteiger partial charge is 0.446 e. The van der Waals surface area contributed by atoms with Crippen LogP contribution < -0.4 is 5.73 Å². The molecule has 1 aromatic heterocycles. The summed E-state index contributed by atoms with van der Waals surface area (Å²) in [6.45, 7) is 0. The molecule has 0 unspecified atom stereocenters. The summed E-state index contributed by atoms with van der Waals surface area (Å²) in [6, 6.07) is 0. The number of rotatable bonds is 2. The molecular weight excluding hydrogens is 233 g/mol. The predicted octanol–water partition coefficient (Wildman–Crippen LogP) is 1.74. The van der Waals surface area contributed by atoms with Gasteiger partial charge in [-0.3, -0.25) is 0 Å². The Morgan fingerprint density at radius 3 is 2.81 bits per heavy atom. The van der Waals surface area contributed by atoms with Gasteiger partial charge in [-0.15, -0.1) is 21.5 Å². The molecule has 1 aromatic rings. The third kappa shape index (κ3) is 2.29. The second-order valence-electron chi connectivity index (χ2n) is 3.85. The summed E-state index contributed by atoms with van der Waals surface area (Å²) < 4.78 is 19.2. The maximum atomic E-state index is 14.4. The molecule has 1 saturated carbocycles. The molecule has 0 spiro atoms. The highest BCUT2D eigenvalue weighted by molar-refractivity contribution is 7.09. The van der Waals surface area contributed by atoms with Gasteiger partial charge in [-0.05, 0) is 25.7 Å². The molecule has 1 aliphatic rings. The van der Waals surface area contributed by atoms with Gasteiger partial charge in [0.25, 0.3) is 0 Å². The number of carbonyl (C=O) groups excluding carboxylic acids is 1. The normalized spacial score (nSPS) is 29.9. The van der Waals surface area contributed by atoms with Gasteiger partial charge >= 0.3 is 6.09 Å². The van der Waals surface area contributed by atoms with Crippen LogP contribution in [-0.4, -0.2) is 22.4 Å². The fourth-order valence-corrected chi connectivity index (χ4v) is 2.62. The van der Waals surface area contributed by atoms with Crippen LogP contribution in [0.2, 0.25) is 0 Å². The van der Waals surface area contributed by atoms with E-state index in [2.05, 4.69) is 10.2 Å². The molecule has 16 heavy (non-hydrogen) atoms. The predicted molar refractivity (Wildman–Crippen MR) is 55.6 cm³/mol. The van der Waals surface area contributed by atoms with E-state index in [0.717, 1.165) is 0 Å². The quantitative estimate of drug-likeness (QED) is 0.860. The van der Waals surface area contributed by atoms with E-state index in [1.165, 1.54) is 16.8 Å². The Kier molecular flexibility index (Phi) is 3.04. The fourth-order valence-electron chi connectivity index (χ4n) is 1.91. The van der Waals surface area contributed by atoms with E-state index in [1.54, 1.807) is 0 Å². The molecule has 0 aromatic carbocycles. The zero-order chi connectivity index (χ0) is 11.6. The van der Waals surface area contributed by atoms with Gasteiger partial charge in [-0.2, -0.15) is 0 Å². The Balaban J connectivity index is 1.96. The standard InChI is InChI=1S/C9H12FN3O2S/c10-9(7-13-12-5-16-7)3-1-6(2-4-9)15-8(11)14/h5-6H,1-4H2,(H2,11,14). The number of carbonyl (C=O) groups is 1. The maximum Gasteiger partial charge on any atom is 0.404 e. The SMILES string of the molecule is NC(=O)OC1CCC(F)(c2nncs2)CC1. The molecule has 1 amide bonds. The zero-order valence-electron chi connectivity index (χ0n) is 8.56. The molecule has 0 atom stereocenters. The number of ether oxygens (including phenoxy) is 1. The monoisotopic (exact) mass is 245 g/mol. The lowest BCUT2D eigenvalue weighted by atomic mass is 9.85. The average Bonchev–Trinajstić information content (AvgIpc) is 2.75. The molecule has 2 N–H and O–H groups in total. The number of alkyl halides is 1. The molecule has 0 saturated heterocycles. The van der Waals surface area contributed by atoms with Crippen LogP contribution in [0.1, 0.15) is 30.7 Å². The highest BCUT2D eigenvalue weighted by Gasteiger charge is 2.40. The second-order valence-corrected chi connectivity index (χ2v) is 4.68. The molecule has 7 heteroatoms. The fraction of sp³-hybridized carbons (Fsp3) is 0.667. The molecule has 88 valence electrons. The van der Waals surface area contributed by atoms with Crippen LogP contribution in [0.5, 0.6) is 0 Å². The lowest BCUT2D eigenvalue weighted by Gasteiger charge is -2.31. The zero-order valence-corrected chi connectivity index (χ0v) is 9.37. The van der Waals surface area contributed by atoms with E-state index in [1.807, 2.05) is 0 Å². The number of aromatic nitrogens is 2. The summed E-state index contributed by atoms with van der Waals surface area (Å²) in [5.41, 5.74) is 5.01. The molecule has 0 aliphatic heterocycles. The lowest BCUT2D eigenvalue weighted by molar-refractivity contribution is 0.0191. The Bertz CT molecular complexity index is 363. The van der Waals surface area contributed by atoms with Crippen LogP contribution in [0.15, 0.2) is 5.51 Å². The van der Waals surface area contributed by atoms with Gasteiger partial charge in [-0.25, -0.2) is 9.18 Å². The summed E-state index contributed by atoms with van der Waals surface area (Å²) in [5.74, 6) is 0. The van der Waals surface area contributed by atoms with Gasteiger partial charge in [0.15, 0.2) is 10.7 Å². The van der Waals surface area contributed by atoms with Gasteiger partial charge in [0, 0.05) is 0 Å². The molecule has 1 aliphatic carbocycles. The highest BCUT2D eigenvalue weighted by atomic mass is 32.1. The van der Waals surface area contributed by atoms with E-state index in [4.69, 9.17) is 10.5 Å². The molecule has 2 rings (SSSR count). The van der Waals surface area contributed by atoms with E-state index in [-0.39, 0.29) is 6.10 Å². The number of hydrogen-bond donors (Lipinski definition) is 1. The van der Waals surface area contributed by atoms with Crippen LogP contribution in [0.4, 0.5) is 9.18 Å². The highest BCUT2D eigenvalue weighted by Crippen LogP contribution is 2.41. The van der Waals surface area contributed by atoms with Crippen molar-refractivity contribution in [2.45, 2.75) is 37.5 Å². The summed E-state index contributed by atoms with van der Waals surface area (Å²) >= 11 is 1.21. The first-order valence-electron chi connectivity index (χ1n) is 5.02. The molecule has 0 radical (unpaired) electrons. The second kappa shape index (κ2) is 4.32. The van der Waals surface area contributed by atoms with Crippen LogP contribution in [0.25, 0.3) is 0 Å². The average molecular weight is 245 g/mol. The maximum absolute atomic E-state index is 14.4. The van der Waals surface area contributed by atoms with Crippen LogP contribution in [0.3, 0.4) is 0 Å². The number of amides is 1. The third-order valence-corrected chi connectivity index (χ3v) is 3.62. The first-order chi connectivity index (χ1) is 7.60. The van der Waals surface area contributed by atoms with Gasteiger partial charge in [-0.1, -0.05) is 0 Å². The minimum Gasteiger partial charge on any atom is -0.446 e. The first kappa shape index (κ1) is 11.3. The molecule has 1 fully saturated rings. The number of hydrogen-bond acceptors (Lipinski definition) is 5. The van der Waals surface area contributed by atoms with Crippen molar-refractivity contribution in [2.75, 3.05) is 0 Å². The minimum absolute atomic E-state index is 0.269. The van der Waals surface area contributed by atoms with E-state index in [0.29, 0.717) is 30.7 Å². The number of primary amides is 1. The van der Waals surface area contributed by atoms with E-state index in [9.17, 15) is 9.18 Å². The summed E-state index contributed by atoms with van der Waals surface area (Å²) in [7, 11) is 0. The Morgan fingerprint density at radius 2 is 2.31 bits per heavy atom. The Labute approximate surface area is 95.8 Å². The molecule has 1 heterocycles. The Hall–Kier alpha value is -1.24. The number of nitrogens with two attached hydrogens (primary N) is 1. The van der Waals surface area contributed by atoms with Crippen molar-refractivity contribution in [1.82, 2.24) is 10.2 Å². The molecule has 0 bridgehead atoms. The third-order valence-electron chi connectivity index (χ3n) is 2.75. The van der Waals surface area contributed by atoms with E-state index >= 15 is 0 Å². The van der Waals surface area contributed by atoms with E-state index < -0.39 is 11.8 Å². The van der Waals surface area contributed by atoms with Gasteiger partial charge < -0.3 is 10.5 Å². The number of halogens is 1. The first-order valence-corrected chi connectivity index (χ1v) is 5.90. The van der Waals surface area contributed by atoms with Crippen LogP contribution >= 0.6 is 11.3 Å².